The van der Waals surface area contributed by atoms with Crippen LogP contribution in [0.4, 0.5) is 5.69 Å². The van der Waals surface area contributed by atoms with Gasteiger partial charge in [0, 0.05) is 25.3 Å². The predicted octanol–water partition coefficient (Wildman–Crippen LogP) is 4.63. The van der Waals surface area contributed by atoms with Crippen LogP contribution < -0.4 is 9.47 Å². The number of carbonyl (C=O) groups excluding carboxylic acids is 2. The Morgan fingerprint density at radius 3 is 1.90 bits per heavy atom. The zero-order valence-electron chi connectivity index (χ0n) is 16.4. The highest BCUT2D eigenvalue weighted by Crippen LogP contribution is 2.39. The highest BCUT2D eigenvalue weighted by molar-refractivity contribution is 5.70. The monoisotopic (exact) mass is 405 g/mol. The second kappa shape index (κ2) is 9.00. The number of ether oxygens (including phenoxy) is 2. The molecule has 0 saturated heterocycles. The van der Waals surface area contributed by atoms with E-state index in [2.05, 4.69) is 0 Å². The smallest absolute Gasteiger partial charge is 0.308 e. The summed E-state index contributed by atoms with van der Waals surface area (Å²) < 4.78 is 10.1. The highest BCUT2D eigenvalue weighted by Gasteiger charge is 2.26. The van der Waals surface area contributed by atoms with Gasteiger partial charge in [-0.2, -0.15) is 0 Å². The van der Waals surface area contributed by atoms with E-state index in [-0.39, 0.29) is 11.4 Å². The second-order valence-corrected chi connectivity index (χ2v) is 6.58. The molecular formula is C23H19NO6. The van der Waals surface area contributed by atoms with Crippen LogP contribution >= 0.6 is 0 Å². The van der Waals surface area contributed by atoms with Gasteiger partial charge in [-0.15, -0.1) is 0 Å². The molecule has 152 valence electrons. The minimum absolute atomic E-state index is 0.106. The van der Waals surface area contributed by atoms with E-state index in [0.717, 1.165) is 11.1 Å². The van der Waals surface area contributed by atoms with Crippen LogP contribution in [-0.2, 0) is 9.59 Å². The van der Waals surface area contributed by atoms with Crippen molar-refractivity contribution in [3.63, 3.8) is 0 Å². The van der Waals surface area contributed by atoms with E-state index in [4.69, 9.17) is 9.47 Å². The van der Waals surface area contributed by atoms with Crippen LogP contribution in [-0.4, -0.2) is 16.9 Å². The molecule has 0 spiro atoms. The lowest BCUT2D eigenvalue weighted by atomic mass is 9.84. The molecule has 7 nitrogen and oxygen atoms in total. The van der Waals surface area contributed by atoms with Crippen LogP contribution in [0.2, 0.25) is 0 Å². The number of esters is 2. The van der Waals surface area contributed by atoms with Crippen LogP contribution in [0, 0.1) is 10.1 Å². The quantitative estimate of drug-likeness (QED) is 0.195. The number of nitrogens with zero attached hydrogens (tertiary/aromatic N) is 1. The summed E-state index contributed by atoms with van der Waals surface area (Å²) >= 11 is 0. The fraction of sp³-hybridized carbons (Fsp3) is 0.130. The minimum Gasteiger partial charge on any atom is -0.427 e. The molecule has 3 aromatic rings. The van der Waals surface area contributed by atoms with Gasteiger partial charge in [-0.25, -0.2) is 0 Å². The molecule has 0 bridgehead atoms. The topological polar surface area (TPSA) is 95.7 Å². The van der Waals surface area contributed by atoms with Crippen LogP contribution in [0.3, 0.4) is 0 Å². The Bertz CT molecular complexity index is 1080. The maximum atomic E-state index is 11.8. The molecule has 30 heavy (non-hydrogen) atoms. The minimum atomic E-state index is -0.558. The summed E-state index contributed by atoms with van der Waals surface area (Å²) in [6.07, 6.45) is 0. The van der Waals surface area contributed by atoms with Crippen molar-refractivity contribution >= 4 is 17.6 Å². The van der Waals surface area contributed by atoms with Crippen LogP contribution in [0.25, 0.3) is 0 Å². The molecule has 3 rings (SSSR count). The van der Waals surface area contributed by atoms with Crippen molar-refractivity contribution in [2.24, 2.45) is 0 Å². The maximum absolute atomic E-state index is 11.8. The number of benzene rings is 3. The molecule has 0 N–H and O–H groups in total. The first-order valence-corrected chi connectivity index (χ1v) is 9.15. The molecule has 0 aromatic heterocycles. The van der Waals surface area contributed by atoms with Crippen molar-refractivity contribution in [2.75, 3.05) is 0 Å². The third-order valence-corrected chi connectivity index (χ3v) is 4.38. The average molecular weight is 405 g/mol. The highest BCUT2D eigenvalue weighted by atomic mass is 16.6. The van der Waals surface area contributed by atoms with E-state index >= 15 is 0 Å². The van der Waals surface area contributed by atoms with Crippen molar-refractivity contribution in [3.8, 4) is 11.5 Å². The number of carbonyl (C=O) groups is 2. The van der Waals surface area contributed by atoms with Gasteiger partial charge in [0.1, 0.15) is 11.5 Å². The van der Waals surface area contributed by atoms with Gasteiger partial charge in [-0.3, -0.25) is 19.7 Å². The number of hydrogen-bond donors (Lipinski definition) is 0. The number of hydrogen-bond acceptors (Lipinski definition) is 6. The summed E-state index contributed by atoms with van der Waals surface area (Å²) in [5.41, 5.74) is 1.91. The molecular weight excluding hydrogens is 386 g/mol. The van der Waals surface area contributed by atoms with Crippen LogP contribution in [0.5, 0.6) is 11.5 Å². The first-order valence-electron chi connectivity index (χ1n) is 9.15. The molecule has 7 heteroatoms. The standard InChI is InChI=1S/C23H19NO6/c1-15(25)29-19-10-8-18(9-11-19)23(17-6-4-3-5-7-17)21-13-12-20(30-16(2)26)14-22(21)24(27)28/h3-14,23H,1-2H3. The summed E-state index contributed by atoms with van der Waals surface area (Å²) in [4.78, 5) is 33.7. The van der Waals surface area contributed by atoms with Crippen molar-refractivity contribution in [3.05, 3.63) is 99.6 Å². The van der Waals surface area contributed by atoms with Gasteiger partial charge in [0.25, 0.3) is 5.69 Å². The Morgan fingerprint density at radius 2 is 1.33 bits per heavy atom. The third-order valence-electron chi connectivity index (χ3n) is 4.38. The number of nitro benzene ring substituents is 1. The summed E-state index contributed by atoms with van der Waals surface area (Å²) in [5.74, 6) is -0.950. The molecule has 3 aromatic carbocycles. The Labute approximate surface area is 173 Å². The van der Waals surface area contributed by atoms with Crippen molar-refractivity contribution in [1.82, 2.24) is 0 Å². The summed E-state index contributed by atoms with van der Waals surface area (Å²) in [7, 11) is 0. The largest absolute Gasteiger partial charge is 0.427 e. The van der Waals surface area contributed by atoms with E-state index < -0.39 is 22.8 Å². The zero-order chi connectivity index (χ0) is 21.7. The van der Waals surface area contributed by atoms with Gasteiger partial charge < -0.3 is 9.47 Å². The Morgan fingerprint density at radius 1 is 0.800 bits per heavy atom. The maximum Gasteiger partial charge on any atom is 0.308 e. The third kappa shape index (κ3) is 4.88. The van der Waals surface area contributed by atoms with E-state index in [0.29, 0.717) is 11.3 Å². The van der Waals surface area contributed by atoms with E-state index in [1.807, 2.05) is 30.3 Å². The van der Waals surface area contributed by atoms with E-state index in [1.54, 1.807) is 30.3 Å². The van der Waals surface area contributed by atoms with Gasteiger partial charge in [0.05, 0.1) is 11.0 Å². The predicted molar refractivity (Wildman–Crippen MR) is 110 cm³/mol. The van der Waals surface area contributed by atoms with Crippen LogP contribution in [0.15, 0.2) is 72.8 Å². The molecule has 0 aliphatic rings. The molecule has 0 fully saturated rings. The lowest BCUT2D eigenvalue weighted by molar-refractivity contribution is -0.385. The average Bonchev–Trinajstić information content (AvgIpc) is 2.70. The first kappa shape index (κ1) is 20.7. The molecule has 0 heterocycles. The lowest BCUT2D eigenvalue weighted by Crippen LogP contribution is -2.08. The molecule has 1 unspecified atom stereocenters. The molecule has 0 aliphatic carbocycles. The molecule has 0 saturated carbocycles. The van der Waals surface area contributed by atoms with Crippen molar-refractivity contribution < 1.29 is 24.0 Å². The Balaban J connectivity index is 2.13. The van der Waals surface area contributed by atoms with Crippen molar-refractivity contribution in [2.45, 2.75) is 19.8 Å². The molecule has 0 amide bonds. The van der Waals surface area contributed by atoms with Gasteiger partial charge in [0.15, 0.2) is 0 Å². The fourth-order valence-electron chi connectivity index (χ4n) is 3.25. The van der Waals surface area contributed by atoms with Crippen molar-refractivity contribution in [1.29, 1.82) is 0 Å². The molecule has 1 atom stereocenters. The summed E-state index contributed by atoms with van der Waals surface area (Å²) in [6.45, 7) is 2.55. The summed E-state index contributed by atoms with van der Waals surface area (Å²) in [5, 5.41) is 11.8. The SMILES string of the molecule is CC(=O)Oc1ccc(C(c2ccccc2)c2ccc(OC(C)=O)cc2[N+](=O)[O-])cc1. The van der Waals surface area contributed by atoms with Gasteiger partial charge in [0.2, 0.25) is 0 Å². The molecule has 0 aliphatic heterocycles. The second-order valence-electron chi connectivity index (χ2n) is 6.58. The molecule has 0 radical (unpaired) electrons. The first-order chi connectivity index (χ1) is 14.3. The van der Waals surface area contributed by atoms with Gasteiger partial charge >= 0.3 is 11.9 Å². The fourth-order valence-corrected chi connectivity index (χ4v) is 3.25. The van der Waals surface area contributed by atoms with E-state index in [1.165, 1.54) is 26.0 Å². The lowest BCUT2D eigenvalue weighted by Gasteiger charge is -2.19. The Kier molecular flexibility index (Phi) is 6.22. The number of nitro groups is 1. The van der Waals surface area contributed by atoms with E-state index in [9.17, 15) is 19.7 Å². The van der Waals surface area contributed by atoms with Gasteiger partial charge in [-0.1, -0.05) is 42.5 Å². The number of rotatable bonds is 6. The normalized spacial score (nSPS) is 11.4. The van der Waals surface area contributed by atoms with Gasteiger partial charge in [-0.05, 0) is 35.4 Å². The zero-order valence-corrected chi connectivity index (χ0v) is 16.4. The van der Waals surface area contributed by atoms with Crippen LogP contribution in [0.1, 0.15) is 36.5 Å². The Hall–Kier alpha value is -4.00. The summed E-state index contributed by atoms with van der Waals surface area (Å²) in [6, 6.07) is 20.5.